The number of hydrogen-bond acceptors (Lipinski definition) is 1. The molecule has 0 bridgehead atoms. The van der Waals surface area contributed by atoms with Crippen LogP contribution in [0.4, 0.5) is 0 Å². The van der Waals surface area contributed by atoms with Gasteiger partial charge in [0.1, 0.15) is 0 Å². The SMILES string of the molecule is [2H]C([2H])(C=C)OCC=C. The fourth-order valence-corrected chi connectivity index (χ4v) is 0.166. The van der Waals surface area contributed by atoms with Crippen molar-refractivity contribution in [3.63, 3.8) is 0 Å². The van der Waals surface area contributed by atoms with E-state index in [1.807, 2.05) is 0 Å². The van der Waals surface area contributed by atoms with Crippen LogP contribution in [0, 0.1) is 0 Å². The zero-order chi connectivity index (χ0) is 7.33. The van der Waals surface area contributed by atoms with Gasteiger partial charge >= 0.3 is 0 Å². The van der Waals surface area contributed by atoms with Gasteiger partial charge in [-0.1, -0.05) is 12.2 Å². The quantitative estimate of drug-likeness (QED) is 0.485. The fraction of sp³-hybridized carbons (Fsp3) is 0.333. The number of hydrogen-bond donors (Lipinski definition) is 0. The Morgan fingerprint density at radius 1 is 1.57 bits per heavy atom. The molecule has 0 atom stereocenters. The molecule has 0 radical (unpaired) electrons. The summed E-state index contributed by atoms with van der Waals surface area (Å²) in [6, 6.07) is 0. The highest BCUT2D eigenvalue weighted by molar-refractivity contribution is 4.68. The summed E-state index contributed by atoms with van der Waals surface area (Å²) in [7, 11) is 0. The van der Waals surface area contributed by atoms with E-state index in [4.69, 9.17) is 2.74 Å². The predicted octanol–water partition coefficient (Wildman–Crippen LogP) is 1.38. The molecular weight excluding hydrogens is 88.1 g/mol. The first-order chi connectivity index (χ1) is 4.12. The first-order valence-electron chi connectivity index (χ1n) is 3.01. The van der Waals surface area contributed by atoms with Crippen LogP contribution in [0.15, 0.2) is 25.3 Å². The predicted molar refractivity (Wildman–Crippen MR) is 31.2 cm³/mol. The average Bonchev–Trinajstić information content (AvgIpc) is 1.84. The first kappa shape index (κ1) is 3.44. The second kappa shape index (κ2) is 5.44. The van der Waals surface area contributed by atoms with Gasteiger partial charge in [0.15, 0.2) is 0 Å². The molecule has 0 aliphatic heterocycles. The molecule has 0 aliphatic rings. The Labute approximate surface area is 47.1 Å². The summed E-state index contributed by atoms with van der Waals surface area (Å²) < 4.78 is 18.5. The molecule has 1 nitrogen and oxygen atoms in total. The maximum atomic E-state index is 6.96. The molecule has 0 aromatic carbocycles. The molecule has 0 aliphatic carbocycles. The largest absolute Gasteiger partial charge is 0.373 e. The Kier molecular flexibility index (Phi) is 2.68. The van der Waals surface area contributed by atoms with E-state index in [1.165, 1.54) is 6.08 Å². The maximum absolute atomic E-state index is 6.96. The van der Waals surface area contributed by atoms with Crippen LogP contribution in [-0.4, -0.2) is 13.2 Å². The van der Waals surface area contributed by atoms with Crippen molar-refractivity contribution in [1.29, 1.82) is 0 Å². The summed E-state index contributed by atoms with van der Waals surface area (Å²) in [6.45, 7) is 5.12. The molecule has 0 spiro atoms. The van der Waals surface area contributed by atoms with Crippen molar-refractivity contribution in [2.75, 3.05) is 13.2 Å². The van der Waals surface area contributed by atoms with E-state index in [0.29, 0.717) is 0 Å². The maximum Gasteiger partial charge on any atom is 0.0649 e. The van der Waals surface area contributed by atoms with E-state index in [9.17, 15) is 0 Å². The molecule has 40 valence electrons. The molecule has 1 heteroatoms. The standard InChI is InChI=1S/C6H10O/c1-3-5-7-6-4-2/h3-4H,1-2,5-6H2/i5D2. The van der Waals surface area contributed by atoms with Gasteiger partial charge in [-0.05, 0) is 0 Å². The zero-order valence-electron chi connectivity index (χ0n) is 6.18. The van der Waals surface area contributed by atoms with Gasteiger partial charge in [0.25, 0.3) is 0 Å². The summed E-state index contributed by atoms with van der Waals surface area (Å²) in [5.74, 6) is 0. The van der Waals surface area contributed by atoms with E-state index >= 15 is 0 Å². The highest BCUT2D eigenvalue weighted by Gasteiger charge is 1.70. The molecule has 0 aromatic rings. The van der Waals surface area contributed by atoms with Gasteiger partial charge in [-0.15, -0.1) is 13.2 Å². The Morgan fingerprint density at radius 2 is 2.29 bits per heavy atom. The Balaban J connectivity index is 3.57. The van der Waals surface area contributed by atoms with Gasteiger partial charge in [0.05, 0.1) is 15.9 Å². The summed E-state index contributed by atoms with van der Waals surface area (Å²) in [6.07, 6.45) is 2.60. The lowest BCUT2D eigenvalue weighted by Gasteiger charge is -1.89. The highest BCUT2D eigenvalue weighted by Crippen LogP contribution is 1.72. The van der Waals surface area contributed by atoms with Gasteiger partial charge in [0, 0.05) is 0 Å². The molecule has 0 saturated carbocycles. The minimum Gasteiger partial charge on any atom is -0.373 e. The number of rotatable bonds is 4. The van der Waals surface area contributed by atoms with Crippen molar-refractivity contribution in [2.45, 2.75) is 0 Å². The molecule has 0 fully saturated rings. The lowest BCUT2D eigenvalue weighted by Crippen LogP contribution is -1.87. The third kappa shape index (κ3) is 5.44. The van der Waals surface area contributed by atoms with E-state index in [0.717, 1.165) is 6.08 Å². The van der Waals surface area contributed by atoms with Crippen LogP contribution in [0.1, 0.15) is 2.74 Å². The van der Waals surface area contributed by atoms with Gasteiger partial charge in [-0.3, -0.25) is 0 Å². The van der Waals surface area contributed by atoms with Crippen molar-refractivity contribution in [2.24, 2.45) is 0 Å². The fourth-order valence-electron chi connectivity index (χ4n) is 0.166. The lowest BCUT2D eigenvalue weighted by molar-refractivity contribution is 0.194. The van der Waals surface area contributed by atoms with Crippen LogP contribution in [0.2, 0.25) is 0 Å². The van der Waals surface area contributed by atoms with Crippen molar-refractivity contribution in [3.8, 4) is 0 Å². The Bertz CT molecular complexity index is 110. The van der Waals surface area contributed by atoms with Crippen LogP contribution in [0.3, 0.4) is 0 Å². The third-order valence-electron chi connectivity index (χ3n) is 0.368. The van der Waals surface area contributed by atoms with Crippen molar-refractivity contribution in [1.82, 2.24) is 0 Å². The Morgan fingerprint density at radius 3 is 2.71 bits per heavy atom. The minimum absolute atomic E-state index is 0.207. The molecule has 0 rings (SSSR count). The monoisotopic (exact) mass is 100 g/mol. The van der Waals surface area contributed by atoms with Crippen LogP contribution in [0.5, 0.6) is 0 Å². The molecule has 0 aromatic heterocycles. The van der Waals surface area contributed by atoms with E-state index in [1.54, 1.807) is 0 Å². The van der Waals surface area contributed by atoms with Crippen LogP contribution < -0.4 is 0 Å². The normalized spacial score (nSPS) is 14.3. The summed E-state index contributed by atoms with van der Waals surface area (Å²) in [4.78, 5) is 0. The molecule has 0 saturated heterocycles. The van der Waals surface area contributed by atoms with Crippen LogP contribution in [-0.2, 0) is 4.74 Å². The first-order valence-corrected chi connectivity index (χ1v) is 2.01. The van der Waals surface area contributed by atoms with Crippen molar-refractivity contribution in [3.05, 3.63) is 25.3 Å². The smallest absolute Gasteiger partial charge is 0.0649 e. The lowest BCUT2D eigenvalue weighted by atomic mass is 10.6. The molecule has 0 amide bonds. The third-order valence-corrected chi connectivity index (χ3v) is 0.368. The average molecular weight is 100 g/mol. The van der Waals surface area contributed by atoms with Gasteiger partial charge in [-0.2, -0.15) is 0 Å². The highest BCUT2D eigenvalue weighted by atomic mass is 16.5. The molecule has 0 heterocycles. The molecule has 0 unspecified atom stereocenters. The van der Waals surface area contributed by atoms with E-state index in [2.05, 4.69) is 17.9 Å². The number of ether oxygens (including phenoxy) is 1. The zero-order valence-corrected chi connectivity index (χ0v) is 4.18. The van der Waals surface area contributed by atoms with Crippen LogP contribution in [0.25, 0.3) is 0 Å². The van der Waals surface area contributed by atoms with Crippen molar-refractivity contribution < 1.29 is 7.48 Å². The molecule has 0 N–H and O–H groups in total. The second-order valence-corrected chi connectivity index (χ2v) is 0.922. The minimum atomic E-state index is -1.71. The Hall–Kier alpha value is -0.560. The van der Waals surface area contributed by atoms with E-state index < -0.39 is 6.56 Å². The summed E-state index contributed by atoms with van der Waals surface area (Å²) >= 11 is 0. The molecule has 7 heavy (non-hydrogen) atoms. The van der Waals surface area contributed by atoms with Gasteiger partial charge < -0.3 is 4.74 Å². The molecular formula is C6H10O. The second-order valence-electron chi connectivity index (χ2n) is 0.922. The summed E-state index contributed by atoms with van der Waals surface area (Å²) in [5.41, 5.74) is 0. The van der Waals surface area contributed by atoms with Gasteiger partial charge in [-0.25, -0.2) is 0 Å². The summed E-state index contributed by atoms with van der Waals surface area (Å²) in [5, 5.41) is 0. The topological polar surface area (TPSA) is 9.23 Å². The van der Waals surface area contributed by atoms with Gasteiger partial charge in [0.2, 0.25) is 0 Å². The van der Waals surface area contributed by atoms with Crippen LogP contribution >= 0.6 is 0 Å². The van der Waals surface area contributed by atoms with Crippen molar-refractivity contribution >= 4 is 0 Å². The van der Waals surface area contributed by atoms with E-state index in [-0.39, 0.29) is 6.61 Å².